The van der Waals surface area contributed by atoms with E-state index in [9.17, 15) is 0 Å². The average Bonchev–Trinajstić information content (AvgIpc) is 3.25. The fraction of sp³-hybridized carbons (Fsp3) is 0.500. The molecule has 25 heavy (non-hydrogen) atoms. The zero-order valence-electron chi connectivity index (χ0n) is 14.5. The Morgan fingerprint density at radius 3 is 2.88 bits per heavy atom. The number of nitrogens with one attached hydrogen (secondary N) is 2. The van der Waals surface area contributed by atoms with Crippen LogP contribution in [-0.2, 0) is 6.54 Å². The summed E-state index contributed by atoms with van der Waals surface area (Å²) in [6.07, 6.45) is 7.02. The summed E-state index contributed by atoms with van der Waals surface area (Å²) in [6.45, 7) is 3.04. The molecule has 0 unspecified atom stereocenters. The van der Waals surface area contributed by atoms with Crippen LogP contribution in [0.25, 0.3) is 11.4 Å². The molecule has 2 aliphatic rings. The fourth-order valence-corrected chi connectivity index (χ4v) is 3.89. The lowest BCUT2D eigenvalue weighted by atomic mass is 9.68. The second-order valence-corrected chi connectivity index (χ2v) is 6.96. The summed E-state index contributed by atoms with van der Waals surface area (Å²) in [6, 6.07) is 8.35. The second-order valence-electron chi connectivity index (χ2n) is 6.96. The van der Waals surface area contributed by atoms with Gasteiger partial charge in [-0.25, -0.2) is 4.98 Å². The van der Waals surface area contributed by atoms with Crippen LogP contribution in [0.2, 0.25) is 0 Å². The maximum Gasteiger partial charge on any atom is 0.193 e. The number of aliphatic imine (C=N–C) groups is 1. The number of nitrogens with zero attached hydrogens (tertiary/aromatic N) is 4. The van der Waals surface area contributed by atoms with E-state index in [4.69, 9.17) is 0 Å². The molecule has 2 N–H and O–H groups in total. The van der Waals surface area contributed by atoms with Crippen molar-refractivity contribution in [3.8, 4) is 11.4 Å². The van der Waals surface area contributed by atoms with E-state index >= 15 is 0 Å². The minimum atomic E-state index is 0. The fourth-order valence-electron chi connectivity index (χ4n) is 3.89. The van der Waals surface area contributed by atoms with Crippen molar-refractivity contribution in [3.05, 3.63) is 36.2 Å². The lowest BCUT2D eigenvalue weighted by Gasteiger charge is -2.38. The number of likely N-dealkylation sites (tertiary alicyclic amines) is 1. The lowest BCUT2D eigenvalue weighted by molar-refractivity contribution is 0.151. The second kappa shape index (κ2) is 7.72. The SMILES string of the molecule is CN=C(NCc1cccc(-c2ncn[nH]2)c1)N1CCC2(CCC2)C1.I. The van der Waals surface area contributed by atoms with Crippen molar-refractivity contribution in [1.29, 1.82) is 0 Å². The summed E-state index contributed by atoms with van der Waals surface area (Å²) in [7, 11) is 1.87. The maximum absolute atomic E-state index is 4.48. The summed E-state index contributed by atoms with van der Waals surface area (Å²) < 4.78 is 0. The van der Waals surface area contributed by atoms with E-state index in [2.05, 4.69) is 48.6 Å². The molecule has 2 aromatic rings. The quantitative estimate of drug-likeness (QED) is 0.427. The highest BCUT2D eigenvalue weighted by Gasteiger charge is 2.43. The molecule has 1 aliphatic carbocycles. The van der Waals surface area contributed by atoms with Crippen LogP contribution in [0.1, 0.15) is 31.2 Å². The molecule has 1 aliphatic heterocycles. The number of halogens is 1. The molecule has 0 atom stereocenters. The van der Waals surface area contributed by atoms with Crippen LogP contribution in [-0.4, -0.2) is 46.2 Å². The predicted molar refractivity (Wildman–Crippen MR) is 110 cm³/mol. The summed E-state index contributed by atoms with van der Waals surface area (Å²) in [5, 5.41) is 10.3. The van der Waals surface area contributed by atoms with Gasteiger partial charge in [0, 0.05) is 32.2 Å². The van der Waals surface area contributed by atoms with Crippen LogP contribution < -0.4 is 5.32 Å². The molecule has 1 spiro atoms. The molecule has 1 saturated carbocycles. The Balaban J connectivity index is 0.00000182. The molecule has 134 valence electrons. The molecule has 2 fully saturated rings. The number of hydrogen-bond donors (Lipinski definition) is 2. The van der Waals surface area contributed by atoms with Gasteiger partial charge in [-0.1, -0.05) is 24.6 Å². The van der Waals surface area contributed by atoms with Crippen LogP contribution in [0.15, 0.2) is 35.6 Å². The molecule has 7 heteroatoms. The zero-order valence-corrected chi connectivity index (χ0v) is 16.9. The monoisotopic (exact) mass is 452 g/mol. The molecule has 1 aromatic carbocycles. The first-order valence-electron chi connectivity index (χ1n) is 8.68. The lowest BCUT2D eigenvalue weighted by Crippen LogP contribution is -2.42. The van der Waals surface area contributed by atoms with E-state index in [0.717, 1.165) is 37.0 Å². The largest absolute Gasteiger partial charge is 0.352 e. The Morgan fingerprint density at radius 1 is 1.36 bits per heavy atom. The van der Waals surface area contributed by atoms with Crippen molar-refractivity contribution in [2.45, 2.75) is 32.2 Å². The molecular weight excluding hydrogens is 427 g/mol. The number of hydrogen-bond acceptors (Lipinski definition) is 3. The standard InChI is InChI=1S/C18H24N6.HI/c1-19-17(24-9-8-18(12-24)6-3-7-18)20-11-14-4-2-5-15(10-14)16-21-13-22-23-16;/h2,4-5,10,13H,3,6-9,11-12H2,1H3,(H,19,20)(H,21,22,23);1H. The highest BCUT2D eigenvalue weighted by molar-refractivity contribution is 14.0. The van der Waals surface area contributed by atoms with E-state index in [1.54, 1.807) is 0 Å². The first-order chi connectivity index (χ1) is 11.8. The van der Waals surface area contributed by atoms with Gasteiger partial charge in [-0.05, 0) is 36.3 Å². The van der Waals surface area contributed by atoms with Crippen molar-refractivity contribution in [2.75, 3.05) is 20.1 Å². The molecule has 0 amide bonds. The van der Waals surface area contributed by atoms with Gasteiger partial charge in [0.25, 0.3) is 0 Å². The van der Waals surface area contributed by atoms with Gasteiger partial charge < -0.3 is 10.2 Å². The van der Waals surface area contributed by atoms with E-state index in [1.807, 2.05) is 13.1 Å². The van der Waals surface area contributed by atoms with Crippen LogP contribution in [0.3, 0.4) is 0 Å². The van der Waals surface area contributed by atoms with Gasteiger partial charge in [0.05, 0.1) is 0 Å². The van der Waals surface area contributed by atoms with Gasteiger partial charge in [0.2, 0.25) is 0 Å². The predicted octanol–water partition coefficient (Wildman–Crippen LogP) is 3.04. The Labute approximate surface area is 165 Å². The van der Waals surface area contributed by atoms with Crippen molar-refractivity contribution in [2.24, 2.45) is 10.4 Å². The summed E-state index contributed by atoms with van der Waals surface area (Å²) in [4.78, 5) is 11.1. The van der Waals surface area contributed by atoms with Gasteiger partial charge in [-0.3, -0.25) is 10.1 Å². The molecule has 1 aromatic heterocycles. The van der Waals surface area contributed by atoms with Crippen molar-refractivity contribution in [1.82, 2.24) is 25.4 Å². The van der Waals surface area contributed by atoms with Gasteiger partial charge >= 0.3 is 0 Å². The van der Waals surface area contributed by atoms with E-state index in [-0.39, 0.29) is 24.0 Å². The van der Waals surface area contributed by atoms with Crippen molar-refractivity contribution < 1.29 is 0 Å². The van der Waals surface area contributed by atoms with Gasteiger partial charge in [-0.15, -0.1) is 24.0 Å². The third kappa shape index (κ3) is 3.80. The minimum Gasteiger partial charge on any atom is -0.352 e. The number of aromatic amines is 1. The van der Waals surface area contributed by atoms with Crippen LogP contribution in [0.4, 0.5) is 0 Å². The van der Waals surface area contributed by atoms with E-state index < -0.39 is 0 Å². The van der Waals surface area contributed by atoms with Gasteiger partial charge in [0.1, 0.15) is 6.33 Å². The topological polar surface area (TPSA) is 69.2 Å². The molecular formula is C18H25IN6. The highest BCUT2D eigenvalue weighted by atomic mass is 127. The van der Waals surface area contributed by atoms with Crippen molar-refractivity contribution in [3.63, 3.8) is 0 Å². The number of guanidine groups is 1. The normalized spacial score (nSPS) is 18.8. The maximum atomic E-state index is 4.48. The molecule has 1 saturated heterocycles. The molecule has 0 radical (unpaired) electrons. The Morgan fingerprint density at radius 2 is 2.24 bits per heavy atom. The summed E-state index contributed by atoms with van der Waals surface area (Å²) >= 11 is 0. The smallest absolute Gasteiger partial charge is 0.193 e. The van der Waals surface area contributed by atoms with E-state index in [1.165, 1.54) is 37.6 Å². The Bertz CT molecular complexity index is 723. The van der Waals surface area contributed by atoms with Crippen LogP contribution in [0.5, 0.6) is 0 Å². The highest BCUT2D eigenvalue weighted by Crippen LogP contribution is 2.47. The third-order valence-corrected chi connectivity index (χ3v) is 5.43. The molecule has 4 rings (SSSR count). The van der Waals surface area contributed by atoms with Crippen LogP contribution >= 0.6 is 24.0 Å². The first kappa shape index (κ1) is 18.2. The third-order valence-electron chi connectivity index (χ3n) is 5.43. The summed E-state index contributed by atoms with van der Waals surface area (Å²) in [5.74, 6) is 1.82. The molecule has 6 nitrogen and oxygen atoms in total. The van der Waals surface area contributed by atoms with Gasteiger partial charge in [0.15, 0.2) is 11.8 Å². The average molecular weight is 452 g/mol. The zero-order chi connectivity index (χ0) is 16.4. The number of rotatable bonds is 3. The molecule has 0 bridgehead atoms. The Kier molecular flexibility index (Phi) is 5.61. The van der Waals surface area contributed by atoms with Crippen molar-refractivity contribution >= 4 is 29.9 Å². The molecule has 2 heterocycles. The van der Waals surface area contributed by atoms with Gasteiger partial charge in [-0.2, -0.15) is 5.10 Å². The number of aromatic nitrogens is 3. The number of H-pyrrole nitrogens is 1. The van der Waals surface area contributed by atoms with E-state index in [0.29, 0.717) is 5.41 Å². The minimum absolute atomic E-state index is 0. The van der Waals surface area contributed by atoms with Crippen LogP contribution in [0, 0.1) is 5.41 Å². The number of benzene rings is 1. The summed E-state index contributed by atoms with van der Waals surface area (Å²) in [5.41, 5.74) is 2.85. The first-order valence-corrected chi connectivity index (χ1v) is 8.68. The Hall–Kier alpha value is -1.64.